The predicted molar refractivity (Wildman–Crippen MR) is 63.8 cm³/mol. The number of unbranched alkanes of at least 4 members (excludes halogenated alkanes) is 2. The number of hydrogen-bond donors (Lipinski definition) is 0. The van der Waals surface area contributed by atoms with Crippen molar-refractivity contribution in [2.75, 3.05) is 6.61 Å². The first-order chi connectivity index (χ1) is 7.24. The smallest absolute Gasteiger partial charge is 0.305 e. The van der Waals surface area contributed by atoms with E-state index < -0.39 is 0 Å². The first-order valence-electron chi connectivity index (χ1n) is 6.04. The van der Waals surface area contributed by atoms with Gasteiger partial charge in [-0.2, -0.15) is 0 Å². The fourth-order valence-corrected chi connectivity index (χ4v) is 1.41. The van der Waals surface area contributed by atoms with Crippen LogP contribution in [0.4, 0.5) is 0 Å². The molecule has 2 nitrogen and oxygen atoms in total. The second kappa shape index (κ2) is 9.75. The van der Waals surface area contributed by atoms with Gasteiger partial charge in [-0.1, -0.05) is 38.3 Å². The van der Waals surface area contributed by atoms with Crippen LogP contribution in [0.25, 0.3) is 0 Å². The summed E-state index contributed by atoms with van der Waals surface area (Å²) >= 11 is 0. The van der Waals surface area contributed by atoms with Crippen LogP contribution >= 0.6 is 0 Å². The monoisotopic (exact) mass is 212 g/mol. The molecule has 0 fully saturated rings. The summed E-state index contributed by atoms with van der Waals surface area (Å²) in [6, 6.07) is 0. The highest BCUT2D eigenvalue weighted by atomic mass is 16.5. The van der Waals surface area contributed by atoms with Gasteiger partial charge in [0.25, 0.3) is 0 Å². The molecule has 0 rings (SSSR count). The van der Waals surface area contributed by atoms with E-state index in [2.05, 4.69) is 19.9 Å². The third kappa shape index (κ3) is 8.22. The van der Waals surface area contributed by atoms with Crippen molar-refractivity contribution in [2.24, 2.45) is 0 Å². The van der Waals surface area contributed by atoms with Crippen LogP contribution in [0, 0.1) is 0 Å². The van der Waals surface area contributed by atoms with Gasteiger partial charge in [-0.25, -0.2) is 0 Å². The van der Waals surface area contributed by atoms with Crippen LogP contribution in [0.2, 0.25) is 0 Å². The van der Waals surface area contributed by atoms with Crippen LogP contribution in [-0.4, -0.2) is 12.6 Å². The maximum atomic E-state index is 11.2. The maximum Gasteiger partial charge on any atom is 0.305 e. The average molecular weight is 212 g/mol. The highest BCUT2D eigenvalue weighted by molar-refractivity contribution is 5.69. The van der Waals surface area contributed by atoms with E-state index in [9.17, 15) is 4.79 Å². The SMILES string of the molecule is CC=C(CC)CCOC(=O)CCCCC. The molecule has 0 aromatic carbocycles. The second-order valence-electron chi connectivity index (χ2n) is 3.73. The van der Waals surface area contributed by atoms with Crippen molar-refractivity contribution in [1.29, 1.82) is 0 Å². The molecule has 0 heterocycles. The number of ether oxygens (including phenoxy) is 1. The quantitative estimate of drug-likeness (QED) is 0.347. The Bertz CT molecular complexity index is 195. The third-order valence-corrected chi connectivity index (χ3v) is 2.53. The fraction of sp³-hybridized carbons (Fsp3) is 0.769. The number of esters is 1. The van der Waals surface area contributed by atoms with Crippen molar-refractivity contribution < 1.29 is 9.53 Å². The zero-order valence-electron chi connectivity index (χ0n) is 10.3. The molecule has 0 radical (unpaired) electrons. The number of carbonyl (C=O) groups excluding carboxylic acids is 1. The van der Waals surface area contributed by atoms with E-state index in [4.69, 9.17) is 4.74 Å². The fourth-order valence-electron chi connectivity index (χ4n) is 1.41. The zero-order chi connectivity index (χ0) is 11.5. The number of hydrogen-bond acceptors (Lipinski definition) is 2. The molecule has 2 heteroatoms. The first-order valence-corrected chi connectivity index (χ1v) is 6.04. The molecule has 88 valence electrons. The lowest BCUT2D eigenvalue weighted by atomic mass is 10.1. The second-order valence-corrected chi connectivity index (χ2v) is 3.73. The standard InChI is InChI=1S/C13H24O2/c1-4-7-8-9-13(14)15-11-10-12(5-2)6-3/h5H,4,6-11H2,1-3H3. The number of rotatable bonds is 8. The minimum Gasteiger partial charge on any atom is -0.465 e. The topological polar surface area (TPSA) is 26.3 Å². The number of allylic oxidation sites excluding steroid dienone is 1. The molecule has 0 atom stereocenters. The van der Waals surface area contributed by atoms with Gasteiger partial charge in [0.2, 0.25) is 0 Å². The Morgan fingerprint density at radius 1 is 1.20 bits per heavy atom. The minimum atomic E-state index is -0.0463. The van der Waals surface area contributed by atoms with Gasteiger partial charge in [0, 0.05) is 12.8 Å². The Hall–Kier alpha value is -0.790. The molecule has 0 amide bonds. The van der Waals surface area contributed by atoms with E-state index in [1.807, 2.05) is 6.92 Å². The summed E-state index contributed by atoms with van der Waals surface area (Å²) in [6.45, 7) is 6.82. The van der Waals surface area contributed by atoms with Gasteiger partial charge in [-0.3, -0.25) is 4.79 Å². The van der Waals surface area contributed by atoms with Gasteiger partial charge in [0.15, 0.2) is 0 Å². The van der Waals surface area contributed by atoms with Crippen LogP contribution in [0.1, 0.15) is 59.3 Å². The lowest BCUT2D eigenvalue weighted by Crippen LogP contribution is -2.06. The Balaban J connectivity index is 3.46. The molecule has 0 saturated carbocycles. The van der Waals surface area contributed by atoms with Crippen molar-refractivity contribution >= 4 is 5.97 Å². The Morgan fingerprint density at radius 2 is 1.93 bits per heavy atom. The van der Waals surface area contributed by atoms with Gasteiger partial charge in [-0.05, 0) is 19.8 Å². The largest absolute Gasteiger partial charge is 0.465 e. The lowest BCUT2D eigenvalue weighted by Gasteiger charge is -2.06. The molecule has 0 aliphatic rings. The van der Waals surface area contributed by atoms with E-state index in [0.717, 1.165) is 32.1 Å². The van der Waals surface area contributed by atoms with E-state index >= 15 is 0 Å². The van der Waals surface area contributed by atoms with Crippen molar-refractivity contribution in [3.05, 3.63) is 11.6 Å². The molecule has 0 bridgehead atoms. The highest BCUT2D eigenvalue weighted by Crippen LogP contribution is 2.07. The van der Waals surface area contributed by atoms with Gasteiger partial charge in [0.1, 0.15) is 0 Å². The van der Waals surface area contributed by atoms with Crippen molar-refractivity contribution in [2.45, 2.75) is 59.3 Å². The molecular weight excluding hydrogens is 188 g/mol. The minimum absolute atomic E-state index is 0.0463. The molecule has 0 aliphatic heterocycles. The van der Waals surface area contributed by atoms with Crippen molar-refractivity contribution in [1.82, 2.24) is 0 Å². The molecule has 0 spiro atoms. The van der Waals surface area contributed by atoms with Crippen molar-refractivity contribution in [3.63, 3.8) is 0 Å². The van der Waals surface area contributed by atoms with Crippen LogP contribution < -0.4 is 0 Å². The Labute approximate surface area is 93.7 Å². The molecule has 15 heavy (non-hydrogen) atoms. The Kier molecular flexibility index (Phi) is 9.24. The zero-order valence-corrected chi connectivity index (χ0v) is 10.3. The summed E-state index contributed by atoms with van der Waals surface area (Å²) in [5, 5.41) is 0. The van der Waals surface area contributed by atoms with Crippen LogP contribution in [0.15, 0.2) is 11.6 Å². The summed E-state index contributed by atoms with van der Waals surface area (Å²) in [7, 11) is 0. The summed E-state index contributed by atoms with van der Waals surface area (Å²) in [6.07, 6.45) is 7.82. The van der Waals surface area contributed by atoms with Gasteiger partial charge >= 0.3 is 5.97 Å². The molecular formula is C13H24O2. The van der Waals surface area contributed by atoms with Crippen LogP contribution in [0.5, 0.6) is 0 Å². The van der Waals surface area contributed by atoms with Gasteiger partial charge in [-0.15, -0.1) is 0 Å². The normalized spacial score (nSPS) is 11.5. The first kappa shape index (κ1) is 14.2. The molecule has 0 aromatic rings. The lowest BCUT2D eigenvalue weighted by molar-refractivity contribution is -0.143. The molecule has 0 N–H and O–H groups in total. The summed E-state index contributed by atoms with van der Waals surface area (Å²) in [4.78, 5) is 11.2. The molecule has 0 aromatic heterocycles. The summed E-state index contributed by atoms with van der Waals surface area (Å²) < 4.78 is 5.14. The predicted octanol–water partition coefficient (Wildman–Crippen LogP) is 3.86. The molecule has 0 unspecified atom stereocenters. The highest BCUT2D eigenvalue weighted by Gasteiger charge is 2.02. The average Bonchev–Trinajstić information content (AvgIpc) is 2.25. The van der Waals surface area contributed by atoms with E-state index in [1.165, 1.54) is 5.57 Å². The third-order valence-electron chi connectivity index (χ3n) is 2.53. The molecule has 0 aliphatic carbocycles. The van der Waals surface area contributed by atoms with Crippen molar-refractivity contribution in [3.8, 4) is 0 Å². The number of carbonyl (C=O) groups is 1. The van der Waals surface area contributed by atoms with Crippen LogP contribution in [0.3, 0.4) is 0 Å². The Morgan fingerprint density at radius 3 is 2.47 bits per heavy atom. The van der Waals surface area contributed by atoms with E-state index in [1.54, 1.807) is 0 Å². The van der Waals surface area contributed by atoms with Gasteiger partial charge < -0.3 is 4.74 Å². The molecule has 0 saturated heterocycles. The van der Waals surface area contributed by atoms with E-state index in [-0.39, 0.29) is 5.97 Å². The summed E-state index contributed by atoms with van der Waals surface area (Å²) in [5.41, 5.74) is 1.36. The van der Waals surface area contributed by atoms with Gasteiger partial charge in [0.05, 0.1) is 6.61 Å². The van der Waals surface area contributed by atoms with Crippen LogP contribution in [-0.2, 0) is 9.53 Å². The summed E-state index contributed by atoms with van der Waals surface area (Å²) in [5.74, 6) is -0.0463. The maximum absolute atomic E-state index is 11.2. The van der Waals surface area contributed by atoms with E-state index in [0.29, 0.717) is 13.0 Å².